The lowest BCUT2D eigenvalue weighted by atomic mass is 10.0. The highest BCUT2D eigenvalue weighted by Gasteiger charge is 2.36. The third-order valence-electron chi connectivity index (χ3n) is 9.10. The fraction of sp³-hybridized carbons (Fsp3) is 0.324. The first kappa shape index (κ1) is 32.4. The second kappa shape index (κ2) is 14.1. The quantitative estimate of drug-likeness (QED) is 0.217. The lowest BCUT2D eigenvalue weighted by molar-refractivity contribution is -0.138. The molecule has 0 aliphatic carbocycles. The Balaban J connectivity index is 1.23. The molecule has 4 aromatic carbocycles. The van der Waals surface area contributed by atoms with E-state index in [0.29, 0.717) is 12.0 Å². The maximum absolute atomic E-state index is 14.0. The van der Waals surface area contributed by atoms with Crippen molar-refractivity contribution in [3.63, 3.8) is 0 Å². The van der Waals surface area contributed by atoms with Gasteiger partial charge in [0.05, 0.1) is 17.5 Å². The van der Waals surface area contributed by atoms with Gasteiger partial charge in [-0.25, -0.2) is 13.1 Å². The summed E-state index contributed by atoms with van der Waals surface area (Å²) in [5.74, 6) is 0.309. The van der Waals surface area contributed by atoms with Crippen LogP contribution in [0.25, 0.3) is 10.8 Å². The average Bonchev–Trinajstić information content (AvgIpc) is 3.74. The molecule has 0 aromatic heterocycles. The molecule has 244 valence electrons. The SMILES string of the molecule is CC1CCC(C)N1C(=O)C(Cc1ccc(C2=NCCN2)cc1)NC(=O)CC(NS(=O)(=O)c1ccc2ccccc2c1)c1ccccc1. The van der Waals surface area contributed by atoms with E-state index in [1.807, 2.05) is 85.5 Å². The molecule has 10 heteroatoms. The lowest BCUT2D eigenvalue weighted by Crippen LogP contribution is -2.52. The molecule has 3 N–H and O–H groups in total. The molecule has 2 amide bonds. The molecule has 2 aliphatic heterocycles. The molecule has 1 saturated heterocycles. The van der Waals surface area contributed by atoms with Crippen LogP contribution in [0.4, 0.5) is 0 Å². The molecular weight excluding hydrogens is 611 g/mol. The minimum absolute atomic E-state index is 0.0663. The van der Waals surface area contributed by atoms with Crippen molar-refractivity contribution >= 4 is 38.4 Å². The van der Waals surface area contributed by atoms with Crippen LogP contribution in [0, 0.1) is 0 Å². The molecular formula is C37H41N5O4S. The van der Waals surface area contributed by atoms with Gasteiger partial charge in [-0.05, 0) is 60.7 Å². The number of carbonyl (C=O) groups excluding carboxylic acids is 2. The summed E-state index contributed by atoms with van der Waals surface area (Å²) in [4.78, 5) is 34.3. The van der Waals surface area contributed by atoms with Gasteiger partial charge >= 0.3 is 0 Å². The summed E-state index contributed by atoms with van der Waals surface area (Å²) in [7, 11) is -4.00. The van der Waals surface area contributed by atoms with Gasteiger partial charge in [0.1, 0.15) is 11.9 Å². The van der Waals surface area contributed by atoms with Crippen molar-refractivity contribution in [2.75, 3.05) is 13.1 Å². The van der Waals surface area contributed by atoms with Crippen LogP contribution in [-0.4, -0.2) is 62.2 Å². The van der Waals surface area contributed by atoms with Crippen LogP contribution in [0.3, 0.4) is 0 Å². The zero-order valence-corrected chi connectivity index (χ0v) is 27.5. The Morgan fingerprint density at radius 2 is 1.57 bits per heavy atom. The zero-order chi connectivity index (χ0) is 33.0. The summed E-state index contributed by atoms with van der Waals surface area (Å²) in [6.07, 6.45) is 1.93. The van der Waals surface area contributed by atoms with E-state index in [4.69, 9.17) is 0 Å². The predicted octanol–water partition coefficient (Wildman–Crippen LogP) is 4.73. The largest absolute Gasteiger partial charge is 0.368 e. The van der Waals surface area contributed by atoms with Crippen LogP contribution in [0.2, 0.25) is 0 Å². The van der Waals surface area contributed by atoms with Crippen LogP contribution >= 0.6 is 0 Å². The number of nitrogens with zero attached hydrogens (tertiary/aromatic N) is 2. The second-order valence-corrected chi connectivity index (χ2v) is 14.2. The van der Waals surface area contributed by atoms with Crippen LogP contribution < -0.4 is 15.4 Å². The Morgan fingerprint density at radius 3 is 2.26 bits per heavy atom. The highest BCUT2D eigenvalue weighted by molar-refractivity contribution is 7.89. The number of rotatable bonds is 11. The van der Waals surface area contributed by atoms with Gasteiger partial charge in [-0.1, -0.05) is 84.9 Å². The van der Waals surface area contributed by atoms with Crippen LogP contribution in [-0.2, 0) is 26.0 Å². The maximum atomic E-state index is 14.0. The number of carbonyl (C=O) groups is 2. The summed E-state index contributed by atoms with van der Waals surface area (Å²) >= 11 is 0. The van der Waals surface area contributed by atoms with Crippen molar-refractivity contribution in [1.29, 1.82) is 0 Å². The molecule has 47 heavy (non-hydrogen) atoms. The summed E-state index contributed by atoms with van der Waals surface area (Å²) in [6, 6.07) is 27.9. The van der Waals surface area contributed by atoms with Gasteiger partial charge < -0.3 is 15.5 Å². The summed E-state index contributed by atoms with van der Waals surface area (Å²) in [5, 5.41) is 8.01. The molecule has 0 spiro atoms. The summed E-state index contributed by atoms with van der Waals surface area (Å²) in [6.45, 7) is 5.64. The Hall–Kier alpha value is -4.54. The molecule has 0 bridgehead atoms. The molecule has 1 fully saturated rings. The van der Waals surface area contributed by atoms with Crippen LogP contribution in [0.15, 0.2) is 107 Å². The van der Waals surface area contributed by atoms with E-state index >= 15 is 0 Å². The van der Waals surface area contributed by atoms with E-state index in [0.717, 1.165) is 53.7 Å². The Morgan fingerprint density at radius 1 is 0.894 bits per heavy atom. The van der Waals surface area contributed by atoms with Crippen molar-refractivity contribution in [3.8, 4) is 0 Å². The first-order valence-corrected chi connectivity index (χ1v) is 17.7. The van der Waals surface area contributed by atoms with E-state index in [2.05, 4.69) is 20.3 Å². The van der Waals surface area contributed by atoms with Crippen molar-refractivity contribution < 1.29 is 18.0 Å². The fourth-order valence-electron chi connectivity index (χ4n) is 6.58. The number of sulfonamides is 1. The number of likely N-dealkylation sites (tertiary alicyclic amines) is 1. The standard InChI is InChI=1S/C37H41N5O4S/c1-25-12-13-26(2)42(25)37(44)34(22-27-14-16-30(17-15-27)36-38-20-21-39-36)40-35(43)24-33(29-9-4-3-5-10-29)41-47(45,46)32-19-18-28-8-6-7-11-31(28)23-32/h3-11,14-19,23,25-26,33-34,41H,12-13,20-22,24H2,1-2H3,(H,38,39)(H,40,43). The lowest BCUT2D eigenvalue weighted by Gasteiger charge is -2.31. The van der Waals surface area contributed by atoms with E-state index < -0.39 is 28.0 Å². The van der Waals surface area contributed by atoms with E-state index in [9.17, 15) is 18.0 Å². The number of benzene rings is 4. The number of hydrogen-bond donors (Lipinski definition) is 3. The number of nitrogens with one attached hydrogen (secondary N) is 3. The van der Waals surface area contributed by atoms with Crippen molar-refractivity contribution in [2.45, 2.75) is 68.6 Å². The Bertz CT molecular complexity index is 1870. The number of amidine groups is 1. The van der Waals surface area contributed by atoms with Gasteiger partial charge in [0.2, 0.25) is 21.8 Å². The van der Waals surface area contributed by atoms with Crippen molar-refractivity contribution in [2.24, 2.45) is 4.99 Å². The van der Waals surface area contributed by atoms with E-state index in [-0.39, 0.29) is 29.3 Å². The first-order valence-electron chi connectivity index (χ1n) is 16.2. The van der Waals surface area contributed by atoms with E-state index in [1.165, 1.54) is 0 Å². The van der Waals surface area contributed by atoms with Crippen molar-refractivity contribution in [3.05, 3.63) is 114 Å². The topological polar surface area (TPSA) is 120 Å². The normalized spacial score (nSPS) is 19.2. The Labute approximate surface area is 276 Å². The highest BCUT2D eigenvalue weighted by atomic mass is 32.2. The van der Waals surface area contributed by atoms with Gasteiger partial charge in [0.25, 0.3) is 0 Å². The molecule has 9 nitrogen and oxygen atoms in total. The van der Waals surface area contributed by atoms with E-state index in [1.54, 1.807) is 30.3 Å². The summed E-state index contributed by atoms with van der Waals surface area (Å²) in [5.41, 5.74) is 2.53. The number of aliphatic imine (C=N–C) groups is 1. The molecule has 4 atom stereocenters. The van der Waals surface area contributed by atoms with Gasteiger partial charge in [0, 0.05) is 37.0 Å². The van der Waals surface area contributed by atoms with Crippen LogP contribution in [0.5, 0.6) is 0 Å². The minimum Gasteiger partial charge on any atom is -0.368 e. The number of hydrogen-bond acceptors (Lipinski definition) is 6. The molecule has 0 radical (unpaired) electrons. The van der Waals surface area contributed by atoms with Crippen LogP contribution in [0.1, 0.15) is 55.8 Å². The molecule has 0 saturated carbocycles. The molecule has 4 unspecified atom stereocenters. The van der Waals surface area contributed by atoms with Gasteiger partial charge in [0.15, 0.2) is 0 Å². The molecule has 6 rings (SSSR count). The molecule has 2 heterocycles. The maximum Gasteiger partial charge on any atom is 0.245 e. The molecule has 4 aromatic rings. The van der Waals surface area contributed by atoms with Crippen molar-refractivity contribution in [1.82, 2.24) is 20.3 Å². The third kappa shape index (κ3) is 7.55. The molecule has 2 aliphatic rings. The fourth-order valence-corrected chi connectivity index (χ4v) is 7.84. The predicted molar refractivity (Wildman–Crippen MR) is 185 cm³/mol. The van der Waals surface area contributed by atoms with Gasteiger partial charge in [-0.15, -0.1) is 0 Å². The van der Waals surface area contributed by atoms with Gasteiger partial charge in [-0.3, -0.25) is 14.6 Å². The number of amides is 2. The Kier molecular flexibility index (Phi) is 9.70. The minimum atomic E-state index is -4.00. The smallest absolute Gasteiger partial charge is 0.245 e. The second-order valence-electron chi connectivity index (χ2n) is 12.5. The first-order chi connectivity index (χ1) is 22.7. The number of fused-ring (bicyclic) bond motifs is 1. The highest BCUT2D eigenvalue weighted by Crippen LogP contribution is 2.26. The zero-order valence-electron chi connectivity index (χ0n) is 26.7. The van der Waals surface area contributed by atoms with Gasteiger partial charge in [-0.2, -0.15) is 0 Å². The summed E-state index contributed by atoms with van der Waals surface area (Å²) < 4.78 is 30.1. The monoisotopic (exact) mass is 651 g/mol. The average molecular weight is 652 g/mol. The third-order valence-corrected chi connectivity index (χ3v) is 10.6.